The minimum Gasteiger partial charge on any atom is -0.497 e. The maximum absolute atomic E-state index is 12.2. The molecule has 0 bridgehead atoms. The summed E-state index contributed by atoms with van der Waals surface area (Å²) in [7, 11) is 3.36. The molecule has 0 aliphatic rings. The van der Waals surface area contributed by atoms with E-state index in [2.05, 4.69) is 4.98 Å². The molecule has 0 saturated carbocycles. The van der Waals surface area contributed by atoms with E-state index in [-0.39, 0.29) is 5.91 Å². The van der Waals surface area contributed by atoms with Crippen molar-refractivity contribution in [2.45, 2.75) is 6.42 Å². The van der Waals surface area contributed by atoms with Gasteiger partial charge in [-0.05, 0) is 29.8 Å². The summed E-state index contributed by atoms with van der Waals surface area (Å²) < 4.78 is 5.15. The van der Waals surface area contributed by atoms with Gasteiger partial charge in [0, 0.05) is 13.2 Å². The van der Waals surface area contributed by atoms with Crippen LogP contribution in [0.3, 0.4) is 0 Å². The van der Waals surface area contributed by atoms with E-state index in [9.17, 15) is 4.79 Å². The van der Waals surface area contributed by atoms with E-state index in [0.717, 1.165) is 17.0 Å². The van der Waals surface area contributed by atoms with Gasteiger partial charge < -0.3 is 9.64 Å². The van der Waals surface area contributed by atoms with Crippen LogP contribution in [0.5, 0.6) is 5.75 Å². The number of hydrogen-bond donors (Lipinski definition) is 0. The summed E-state index contributed by atoms with van der Waals surface area (Å²) in [6.07, 6.45) is 3.69. The number of ether oxygens (including phenoxy) is 1. The minimum atomic E-state index is 0.0150. The Morgan fingerprint density at radius 1 is 1.32 bits per heavy atom. The maximum Gasteiger partial charge on any atom is 0.231 e. The van der Waals surface area contributed by atoms with Crippen LogP contribution in [0, 0.1) is 0 Å². The molecule has 1 heterocycles. The highest BCUT2D eigenvalue weighted by molar-refractivity contribution is 5.94. The van der Waals surface area contributed by atoms with E-state index in [4.69, 9.17) is 4.74 Å². The zero-order chi connectivity index (χ0) is 13.7. The van der Waals surface area contributed by atoms with Crippen LogP contribution in [0.1, 0.15) is 5.56 Å². The van der Waals surface area contributed by atoms with Gasteiger partial charge in [0.2, 0.25) is 5.91 Å². The third-order valence-corrected chi connectivity index (χ3v) is 2.90. The number of rotatable bonds is 4. The van der Waals surface area contributed by atoms with Crippen LogP contribution in [-0.2, 0) is 11.2 Å². The maximum atomic E-state index is 12.2. The second-order valence-electron chi connectivity index (χ2n) is 4.19. The number of amides is 1. The van der Waals surface area contributed by atoms with Crippen LogP contribution in [0.2, 0.25) is 0 Å². The first kappa shape index (κ1) is 13.1. The fraction of sp³-hybridized carbons (Fsp3) is 0.200. The lowest BCUT2D eigenvalue weighted by Crippen LogP contribution is -2.27. The Balaban J connectivity index is 2.08. The van der Waals surface area contributed by atoms with E-state index >= 15 is 0 Å². The summed E-state index contributed by atoms with van der Waals surface area (Å²) >= 11 is 0. The van der Waals surface area contributed by atoms with E-state index in [1.54, 1.807) is 31.5 Å². The van der Waals surface area contributed by atoms with Gasteiger partial charge in [-0.3, -0.25) is 9.78 Å². The molecule has 0 N–H and O–H groups in total. The number of aromatic nitrogens is 1. The summed E-state index contributed by atoms with van der Waals surface area (Å²) in [5.74, 6) is 0.774. The van der Waals surface area contributed by atoms with Crippen LogP contribution in [0.15, 0.2) is 48.8 Å². The molecule has 0 saturated heterocycles. The first-order valence-corrected chi connectivity index (χ1v) is 6.00. The van der Waals surface area contributed by atoms with Crippen molar-refractivity contribution in [3.05, 3.63) is 54.4 Å². The zero-order valence-corrected chi connectivity index (χ0v) is 11.0. The predicted molar refractivity (Wildman–Crippen MR) is 74.3 cm³/mol. The van der Waals surface area contributed by atoms with Crippen molar-refractivity contribution in [3.8, 4) is 5.75 Å². The first-order valence-electron chi connectivity index (χ1n) is 6.00. The number of anilines is 1. The Hall–Kier alpha value is -2.36. The highest BCUT2D eigenvalue weighted by atomic mass is 16.5. The van der Waals surface area contributed by atoms with Crippen LogP contribution in [0.25, 0.3) is 0 Å². The van der Waals surface area contributed by atoms with Gasteiger partial charge in [0.15, 0.2) is 0 Å². The average Bonchev–Trinajstić information content (AvgIpc) is 2.47. The van der Waals surface area contributed by atoms with E-state index in [1.165, 1.54) is 0 Å². The highest BCUT2D eigenvalue weighted by Gasteiger charge is 2.11. The summed E-state index contributed by atoms with van der Waals surface area (Å²) in [6, 6.07) is 11.2. The van der Waals surface area contributed by atoms with Crippen molar-refractivity contribution in [1.29, 1.82) is 0 Å². The molecule has 1 amide bonds. The van der Waals surface area contributed by atoms with Gasteiger partial charge in [-0.1, -0.05) is 12.1 Å². The number of pyridine rings is 1. The smallest absolute Gasteiger partial charge is 0.231 e. The van der Waals surface area contributed by atoms with E-state index in [1.807, 2.05) is 36.4 Å². The molecule has 0 spiro atoms. The summed E-state index contributed by atoms with van der Waals surface area (Å²) in [6.45, 7) is 0. The fourth-order valence-corrected chi connectivity index (χ4v) is 1.77. The third-order valence-electron chi connectivity index (χ3n) is 2.90. The molecular weight excluding hydrogens is 240 g/mol. The third kappa shape index (κ3) is 3.31. The van der Waals surface area contributed by atoms with Crippen LogP contribution < -0.4 is 9.64 Å². The molecule has 2 aromatic rings. The summed E-state index contributed by atoms with van der Waals surface area (Å²) in [5, 5.41) is 0. The summed E-state index contributed by atoms with van der Waals surface area (Å²) in [5.41, 5.74) is 1.72. The second-order valence-corrected chi connectivity index (χ2v) is 4.19. The molecule has 0 aliphatic carbocycles. The fourth-order valence-electron chi connectivity index (χ4n) is 1.77. The molecule has 4 heteroatoms. The molecule has 4 nitrogen and oxygen atoms in total. The standard InChI is InChI=1S/C15H16N2O2/c1-17(13-6-4-8-16-11-13)15(18)10-12-5-3-7-14(9-12)19-2/h3-9,11H,10H2,1-2H3. The normalized spacial score (nSPS) is 10.0. The number of carbonyl (C=O) groups excluding carboxylic acids is 1. The molecule has 98 valence electrons. The molecule has 1 aromatic carbocycles. The highest BCUT2D eigenvalue weighted by Crippen LogP contribution is 2.15. The monoisotopic (exact) mass is 256 g/mol. The van der Waals surface area contributed by atoms with Gasteiger partial charge in [0.25, 0.3) is 0 Å². The molecule has 0 fully saturated rings. The molecule has 0 radical (unpaired) electrons. The van der Waals surface area contributed by atoms with Gasteiger partial charge in [-0.25, -0.2) is 0 Å². The molecular formula is C15H16N2O2. The predicted octanol–water partition coefficient (Wildman–Crippen LogP) is 2.30. The quantitative estimate of drug-likeness (QED) is 0.843. The van der Waals surface area contributed by atoms with Crippen molar-refractivity contribution in [2.24, 2.45) is 0 Å². The minimum absolute atomic E-state index is 0.0150. The number of carbonyl (C=O) groups is 1. The van der Waals surface area contributed by atoms with E-state index in [0.29, 0.717) is 6.42 Å². The first-order chi connectivity index (χ1) is 9.20. The second kappa shape index (κ2) is 6.00. The van der Waals surface area contributed by atoms with E-state index < -0.39 is 0 Å². The SMILES string of the molecule is COc1cccc(CC(=O)N(C)c2cccnc2)c1. The number of likely N-dealkylation sites (N-methyl/N-ethyl adjacent to an activating group) is 1. The van der Waals surface area contributed by atoms with Gasteiger partial charge in [-0.2, -0.15) is 0 Å². The van der Waals surface area contributed by atoms with Gasteiger partial charge >= 0.3 is 0 Å². The van der Waals surface area contributed by atoms with Crippen LogP contribution in [0.4, 0.5) is 5.69 Å². The Bertz CT molecular complexity index is 555. The zero-order valence-electron chi connectivity index (χ0n) is 11.0. The lowest BCUT2D eigenvalue weighted by molar-refractivity contribution is -0.117. The van der Waals surface area contributed by atoms with Gasteiger partial charge in [-0.15, -0.1) is 0 Å². The van der Waals surface area contributed by atoms with Crippen LogP contribution >= 0.6 is 0 Å². The van der Waals surface area contributed by atoms with Crippen molar-refractivity contribution < 1.29 is 9.53 Å². The Labute approximate surface area is 112 Å². The Morgan fingerprint density at radius 2 is 2.16 bits per heavy atom. The number of methoxy groups -OCH3 is 1. The Kier molecular flexibility index (Phi) is 4.13. The molecule has 2 rings (SSSR count). The van der Waals surface area contributed by atoms with Crippen molar-refractivity contribution in [3.63, 3.8) is 0 Å². The largest absolute Gasteiger partial charge is 0.497 e. The van der Waals surface area contributed by atoms with Crippen molar-refractivity contribution in [2.75, 3.05) is 19.1 Å². The molecule has 0 unspecified atom stereocenters. The number of hydrogen-bond acceptors (Lipinski definition) is 3. The molecule has 1 aromatic heterocycles. The lowest BCUT2D eigenvalue weighted by Gasteiger charge is -2.16. The molecule has 0 aliphatic heterocycles. The number of benzene rings is 1. The molecule has 19 heavy (non-hydrogen) atoms. The Morgan fingerprint density at radius 3 is 2.84 bits per heavy atom. The summed E-state index contributed by atoms with van der Waals surface area (Å²) in [4.78, 5) is 17.8. The number of nitrogens with zero attached hydrogens (tertiary/aromatic N) is 2. The lowest BCUT2D eigenvalue weighted by atomic mass is 10.1. The topological polar surface area (TPSA) is 42.4 Å². The van der Waals surface area contributed by atoms with Gasteiger partial charge in [0.1, 0.15) is 5.75 Å². The molecule has 0 atom stereocenters. The van der Waals surface area contributed by atoms with Gasteiger partial charge in [0.05, 0.1) is 25.4 Å². The van der Waals surface area contributed by atoms with Crippen molar-refractivity contribution >= 4 is 11.6 Å². The average molecular weight is 256 g/mol. The van der Waals surface area contributed by atoms with Crippen LogP contribution in [-0.4, -0.2) is 25.0 Å². The van der Waals surface area contributed by atoms with Crippen molar-refractivity contribution in [1.82, 2.24) is 4.98 Å².